The first-order valence-electron chi connectivity index (χ1n) is 10.3. The summed E-state index contributed by atoms with van der Waals surface area (Å²) in [5.41, 5.74) is 2.77. The van der Waals surface area contributed by atoms with E-state index in [0.717, 1.165) is 12.0 Å². The maximum atomic E-state index is 11.6. The number of ether oxygens (including phenoxy) is 1. The molecule has 1 aromatic carbocycles. The van der Waals surface area contributed by atoms with Gasteiger partial charge in [0.1, 0.15) is 11.4 Å². The summed E-state index contributed by atoms with van der Waals surface area (Å²) in [5, 5.41) is 13.3. The Kier molecular flexibility index (Phi) is 5.83. The van der Waals surface area contributed by atoms with Crippen LogP contribution in [0.2, 0.25) is 0 Å². The van der Waals surface area contributed by atoms with Gasteiger partial charge in [-0.2, -0.15) is 4.98 Å². The second-order valence-corrected chi connectivity index (χ2v) is 8.15. The third-order valence-corrected chi connectivity index (χ3v) is 5.27. The van der Waals surface area contributed by atoms with Crippen LogP contribution in [0.3, 0.4) is 0 Å². The van der Waals surface area contributed by atoms with Crippen LogP contribution in [0.15, 0.2) is 35.1 Å². The zero-order chi connectivity index (χ0) is 22.0. The van der Waals surface area contributed by atoms with Crippen LogP contribution < -0.4 is 4.74 Å². The van der Waals surface area contributed by atoms with Crippen molar-refractivity contribution in [2.24, 2.45) is 5.92 Å². The minimum Gasteiger partial charge on any atom is -0.465 e. The van der Waals surface area contributed by atoms with Gasteiger partial charge in [-0.3, -0.25) is 0 Å². The van der Waals surface area contributed by atoms with Crippen LogP contribution in [0.4, 0.5) is 4.79 Å². The molecule has 0 saturated heterocycles. The molecule has 0 spiro atoms. The highest BCUT2D eigenvalue weighted by Crippen LogP contribution is 2.34. The Balaban J connectivity index is 1.54. The van der Waals surface area contributed by atoms with Gasteiger partial charge >= 0.3 is 6.09 Å². The Hall–Kier alpha value is -3.49. The van der Waals surface area contributed by atoms with E-state index in [1.165, 1.54) is 22.9 Å². The van der Waals surface area contributed by atoms with Crippen LogP contribution in [-0.4, -0.2) is 49.3 Å². The third-order valence-electron chi connectivity index (χ3n) is 5.27. The molecule has 1 amide bonds. The fraction of sp³-hybridized carbons (Fsp3) is 0.409. The van der Waals surface area contributed by atoms with Crippen molar-refractivity contribution in [3.05, 3.63) is 47.5 Å². The largest absolute Gasteiger partial charge is 0.465 e. The van der Waals surface area contributed by atoms with E-state index < -0.39 is 6.09 Å². The van der Waals surface area contributed by atoms with Gasteiger partial charge < -0.3 is 19.3 Å². The van der Waals surface area contributed by atoms with Crippen molar-refractivity contribution in [1.82, 2.24) is 25.0 Å². The van der Waals surface area contributed by atoms with Gasteiger partial charge in [0.15, 0.2) is 5.82 Å². The van der Waals surface area contributed by atoms with Crippen molar-refractivity contribution >= 4 is 6.09 Å². The fourth-order valence-corrected chi connectivity index (χ4v) is 3.92. The molecule has 4 rings (SSSR count). The lowest BCUT2D eigenvalue weighted by Crippen LogP contribution is -2.33. The van der Waals surface area contributed by atoms with Gasteiger partial charge in [-0.05, 0) is 48.9 Å². The number of amides is 1. The van der Waals surface area contributed by atoms with Gasteiger partial charge in [0.05, 0.1) is 12.4 Å². The Morgan fingerprint density at radius 2 is 2.16 bits per heavy atom. The topological polar surface area (TPSA) is 114 Å². The molecule has 9 heteroatoms. The van der Waals surface area contributed by atoms with Crippen LogP contribution >= 0.6 is 0 Å². The molecule has 1 N–H and O–H groups in total. The Labute approximate surface area is 180 Å². The smallest absolute Gasteiger partial charge is 0.407 e. The van der Waals surface area contributed by atoms with E-state index in [0.29, 0.717) is 54.5 Å². The summed E-state index contributed by atoms with van der Waals surface area (Å²) in [4.78, 5) is 25.8. The molecule has 0 fully saturated rings. The maximum absolute atomic E-state index is 11.6. The molecule has 0 saturated carbocycles. The monoisotopic (exact) mass is 423 g/mol. The van der Waals surface area contributed by atoms with E-state index in [9.17, 15) is 9.90 Å². The van der Waals surface area contributed by atoms with E-state index in [1.807, 2.05) is 18.2 Å². The lowest BCUT2D eigenvalue weighted by atomic mass is 9.87. The van der Waals surface area contributed by atoms with E-state index in [-0.39, 0.29) is 5.92 Å². The number of carbonyl (C=O) groups is 1. The molecule has 2 aromatic heterocycles. The van der Waals surface area contributed by atoms with Crippen molar-refractivity contribution in [1.29, 1.82) is 0 Å². The number of benzene rings is 1. The summed E-state index contributed by atoms with van der Waals surface area (Å²) in [5.74, 6) is 2.46. The summed E-state index contributed by atoms with van der Waals surface area (Å²) in [6.45, 7) is 7.04. The number of fused-ring (bicyclic) bond motifs is 1. The normalized spacial score (nSPS) is 16.1. The molecule has 3 aromatic rings. The summed E-state index contributed by atoms with van der Waals surface area (Å²) in [6.07, 6.45) is 3.74. The van der Waals surface area contributed by atoms with E-state index in [1.54, 1.807) is 6.92 Å². The van der Waals surface area contributed by atoms with Crippen molar-refractivity contribution in [3.63, 3.8) is 0 Å². The molecule has 0 radical (unpaired) electrons. The Morgan fingerprint density at radius 1 is 1.32 bits per heavy atom. The van der Waals surface area contributed by atoms with Crippen LogP contribution in [0.1, 0.15) is 43.1 Å². The molecule has 9 nitrogen and oxygen atoms in total. The van der Waals surface area contributed by atoms with Crippen LogP contribution in [0.5, 0.6) is 11.6 Å². The predicted octanol–water partition coefficient (Wildman–Crippen LogP) is 4.29. The summed E-state index contributed by atoms with van der Waals surface area (Å²) in [7, 11) is 0. The van der Waals surface area contributed by atoms with Crippen LogP contribution in [-0.2, 0) is 6.42 Å². The number of hydrogen-bond donors (Lipinski definition) is 1. The zero-order valence-corrected chi connectivity index (χ0v) is 17.8. The maximum Gasteiger partial charge on any atom is 0.407 e. The lowest BCUT2D eigenvalue weighted by molar-refractivity contribution is 0.142. The minimum absolute atomic E-state index is 0.166. The van der Waals surface area contributed by atoms with Gasteiger partial charge in [0.2, 0.25) is 5.88 Å². The second-order valence-electron chi connectivity index (χ2n) is 8.15. The SMILES string of the molecule is Cc1noc(-c2cnc(Oc3ccc4c(c3)CCN(C(=O)O)CC4CC(C)C)cn2)n1. The standard InChI is InChI=1S/C22H25N5O4/c1-13(2)8-16-12-27(22(28)29)7-6-15-9-17(4-5-18(15)16)30-20-11-23-19(10-24-20)21-25-14(3)26-31-21/h4-5,9-11,13,16H,6-8,12H2,1-3H3,(H,28,29). The molecule has 162 valence electrons. The molecular formula is C22H25N5O4. The highest BCUT2D eigenvalue weighted by molar-refractivity contribution is 5.65. The van der Waals surface area contributed by atoms with Crippen molar-refractivity contribution in [2.45, 2.75) is 39.5 Å². The van der Waals surface area contributed by atoms with E-state index >= 15 is 0 Å². The number of aryl methyl sites for hydroxylation is 1. The van der Waals surface area contributed by atoms with Gasteiger partial charge in [0.25, 0.3) is 5.89 Å². The van der Waals surface area contributed by atoms with Gasteiger partial charge in [-0.25, -0.2) is 14.8 Å². The van der Waals surface area contributed by atoms with Crippen molar-refractivity contribution < 1.29 is 19.2 Å². The molecule has 1 aliphatic rings. The van der Waals surface area contributed by atoms with Crippen molar-refractivity contribution in [2.75, 3.05) is 13.1 Å². The number of nitrogens with zero attached hydrogens (tertiary/aromatic N) is 5. The Bertz CT molecular complexity index is 1060. The summed E-state index contributed by atoms with van der Waals surface area (Å²) < 4.78 is 11.0. The van der Waals surface area contributed by atoms with Crippen LogP contribution in [0.25, 0.3) is 11.6 Å². The number of carboxylic acid groups (broad SMARTS) is 1. The molecule has 1 atom stereocenters. The quantitative estimate of drug-likeness (QED) is 0.646. The summed E-state index contributed by atoms with van der Waals surface area (Å²) in [6, 6.07) is 5.93. The first kappa shape index (κ1) is 20.8. The molecule has 31 heavy (non-hydrogen) atoms. The highest BCUT2D eigenvalue weighted by Gasteiger charge is 2.26. The van der Waals surface area contributed by atoms with Crippen molar-refractivity contribution in [3.8, 4) is 23.2 Å². The highest BCUT2D eigenvalue weighted by atomic mass is 16.5. The molecule has 1 aliphatic heterocycles. The van der Waals surface area contributed by atoms with E-state index in [4.69, 9.17) is 9.26 Å². The summed E-state index contributed by atoms with van der Waals surface area (Å²) >= 11 is 0. The van der Waals surface area contributed by atoms with E-state index in [2.05, 4.69) is 34.0 Å². The predicted molar refractivity (Wildman–Crippen MR) is 112 cm³/mol. The Morgan fingerprint density at radius 3 is 2.81 bits per heavy atom. The average Bonchev–Trinajstić information content (AvgIpc) is 3.08. The zero-order valence-electron chi connectivity index (χ0n) is 17.8. The van der Waals surface area contributed by atoms with Crippen LogP contribution in [0, 0.1) is 12.8 Å². The molecule has 3 heterocycles. The molecular weight excluding hydrogens is 398 g/mol. The number of aromatic nitrogens is 4. The molecule has 0 aliphatic carbocycles. The lowest BCUT2D eigenvalue weighted by Gasteiger charge is -2.24. The first-order chi connectivity index (χ1) is 14.9. The average molecular weight is 423 g/mol. The molecule has 0 bridgehead atoms. The molecule has 1 unspecified atom stereocenters. The third kappa shape index (κ3) is 4.82. The van der Waals surface area contributed by atoms with Gasteiger partial charge in [-0.15, -0.1) is 0 Å². The number of rotatable bonds is 5. The fourth-order valence-electron chi connectivity index (χ4n) is 3.92. The van der Waals surface area contributed by atoms with Gasteiger partial charge in [0, 0.05) is 19.0 Å². The minimum atomic E-state index is -0.871. The van der Waals surface area contributed by atoms with Gasteiger partial charge in [-0.1, -0.05) is 25.1 Å². The number of hydrogen-bond acceptors (Lipinski definition) is 7. The first-order valence-corrected chi connectivity index (χ1v) is 10.3. The second kappa shape index (κ2) is 8.71.